The molecule has 0 aliphatic rings. The van der Waals surface area contributed by atoms with Crippen molar-refractivity contribution in [1.82, 2.24) is 9.88 Å². The number of allylic oxidation sites excluding steroid dienone is 1. The molecule has 0 saturated heterocycles. The zero-order valence-corrected chi connectivity index (χ0v) is 22.7. The molecule has 0 radical (unpaired) electrons. The molecule has 38 heavy (non-hydrogen) atoms. The molecule has 0 aliphatic heterocycles. The van der Waals surface area contributed by atoms with Gasteiger partial charge in [-0.05, 0) is 49.9 Å². The van der Waals surface area contributed by atoms with E-state index in [2.05, 4.69) is 21.5 Å². The molecule has 1 aromatic carbocycles. The van der Waals surface area contributed by atoms with Crippen LogP contribution in [0.15, 0.2) is 51.8 Å². The summed E-state index contributed by atoms with van der Waals surface area (Å²) in [5.41, 5.74) is 7.49. The largest absolute Gasteiger partial charge is 0.494 e. The Hall–Kier alpha value is -4.01. The number of hydrogen-bond donors (Lipinski definition) is 2. The van der Waals surface area contributed by atoms with Crippen molar-refractivity contribution in [2.24, 2.45) is 13.0 Å². The van der Waals surface area contributed by atoms with Gasteiger partial charge in [0.15, 0.2) is 5.78 Å². The fourth-order valence-corrected chi connectivity index (χ4v) is 4.32. The average Bonchev–Trinajstić information content (AvgIpc) is 3.20. The third-order valence-corrected chi connectivity index (χ3v) is 6.55. The number of fused-ring (bicyclic) bond motifs is 1. The number of nitrogens with one attached hydrogen (secondary N) is 1. The van der Waals surface area contributed by atoms with Crippen molar-refractivity contribution in [3.63, 3.8) is 0 Å². The van der Waals surface area contributed by atoms with Gasteiger partial charge in [-0.25, -0.2) is 9.59 Å². The summed E-state index contributed by atoms with van der Waals surface area (Å²) in [5, 5.41) is 3.48. The van der Waals surface area contributed by atoms with Gasteiger partial charge in [-0.15, -0.1) is 0 Å². The van der Waals surface area contributed by atoms with Gasteiger partial charge in [-0.1, -0.05) is 26.8 Å². The SMILES string of the molecule is CCCOc1ccc2c(c1)cc(CC(C)C(=O)c1c(N)cc(C(C)CC/C=C/NC(=O)OC)oc1=O)n2C. The first-order valence-corrected chi connectivity index (χ1v) is 12.8. The number of benzene rings is 1. The number of carbonyl (C=O) groups is 2. The molecule has 1 amide bonds. The van der Waals surface area contributed by atoms with E-state index in [1.807, 2.05) is 38.2 Å². The fraction of sp³-hybridized carbons (Fsp3) is 0.414. The molecular weight excluding hydrogens is 486 g/mol. The Labute approximate surface area is 222 Å². The smallest absolute Gasteiger partial charge is 0.410 e. The standard InChI is InChI=1S/C29H37N3O6/c1-6-13-37-22-10-11-24-20(16-22)15-21(32(24)4)14-19(3)27(33)26-23(30)17-25(38-28(26)34)18(2)9-7-8-12-31-29(35)36-5/h8,10-12,15-19H,6-7,9,13-14,30H2,1-5H3,(H,31,35)/b12-8+. The van der Waals surface area contributed by atoms with Crippen LogP contribution in [-0.4, -0.2) is 30.2 Å². The lowest BCUT2D eigenvalue weighted by atomic mass is 9.94. The number of anilines is 1. The fourth-order valence-electron chi connectivity index (χ4n) is 4.32. The summed E-state index contributed by atoms with van der Waals surface area (Å²) in [6, 6.07) is 9.56. The first-order valence-electron chi connectivity index (χ1n) is 12.8. The number of alkyl carbamates (subject to hydrolysis) is 1. The summed E-state index contributed by atoms with van der Waals surface area (Å²) in [7, 11) is 3.25. The molecule has 0 saturated carbocycles. The number of methoxy groups -OCH3 is 1. The molecule has 0 aliphatic carbocycles. The lowest BCUT2D eigenvalue weighted by molar-refractivity contribution is 0.0925. The van der Waals surface area contributed by atoms with E-state index in [0.29, 0.717) is 31.6 Å². The summed E-state index contributed by atoms with van der Waals surface area (Å²) in [6.45, 7) is 6.42. The number of nitrogens with two attached hydrogens (primary N) is 1. The second-order valence-corrected chi connectivity index (χ2v) is 9.52. The third kappa shape index (κ3) is 6.85. The minimum absolute atomic E-state index is 0.107. The Morgan fingerprint density at radius 2 is 1.97 bits per heavy atom. The first kappa shape index (κ1) is 28.6. The number of carbonyl (C=O) groups excluding carboxylic acids is 2. The molecule has 3 aromatic rings. The molecule has 9 nitrogen and oxygen atoms in total. The summed E-state index contributed by atoms with van der Waals surface area (Å²) in [6.07, 6.45) is 5.39. The molecule has 9 heteroatoms. The number of aromatic nitrogens is 1. The van der Waals surface area contributed by atoms with Crippen molar-refractivity contribution in [2.75, 3.05) is 19.5 Å². The second kappa shape index (κ2) is 13.0. The van der Waals surface area contributed by atoms with E-state index in [-0.39, 0.29) is 23.0 Å². The van der Waals surface area contributed by atoms with Gasteiger partial charge in [0.1, 0.15) is 17.1 Å². The van der Waals surface area contributed by atoms with Gasteiger partial charge in [0.25, 0.3) is 0 Å². The highest BCUT2D eigenvalue weighted by Gasteiger charge is 2.25. The first-order chi connectivity index (χ1) is 18.2. The number of amides is 1. The van der Waals surface area contributed by atoms with Gasteiger partial charge >= 0.3 is 11.7 Å². The van der Waals surface area contributed by atoms with Gasteiger partial charge in [0.05, 0.1) is 19.4 Å². The van der Waals surface area contributed by atoms with E-state index in [1.54, 1.807) is 19.1 Å². The Kier molecular flexibility index (Phi) is 9.76. The van der Waals surface area contributed by atoms with Crippen LogP contribution in [-0.2, 0) is 18.2 Å². The van der Waals surface area contributed by atoms with E-state index in [0.717, 1.165) is 28.8 Å². The monoisotopic (exact) mass is 523 g/mol. The van der Waals surface area contributed by atoms with Crippen molar-refractivity contribution in [1.29, 1.82) is 0 Å². The molecular formula is C29H37N3O6. The third-order valence-electron chi connectivity index (χ3n) is 6.55. The van der Waals surface area contributed by atoms with Crippen LogP contribution in [0.25, 0.3) is 10.9 Å². The number of rotatable bonds is 12. The Balaban J connectivity index is 1.70. The topological polar surface area (TPSA) is 126 Å². The number of nitrogens with zero attached hydrogens (tertiary/aromatic N) is 1. The molecule has 2 heterocycles. The zero-order chi connectivity index (χ0) is 27.8. The van der Waals surface area contributed by atoms with Crippen LogP contribution in [0.2, 0.25) is 0 Å². The van der Waals surface area contributed by atoms with Crippen LogP contribution < -0.4 is 21.4 Å². The Morgan fingerprint density at radius 3 is 2.66 bits per heavy atom. The maximum Gasteiger partial charge on any atom is 0.410 e. The maximum absolute atomic E-state index is 13.3. The number of ether oxygens (including phenoxy) is 2. The minimum atomic E-state index is -0.721. The number of Topliss-reactive ketones (excluding diaryl/α,β-unsaturated/α-hetero) is 1. The van der Waals surface area contributed by atoms with E-state index in [1.165, 1.54) is 13.3 Å². The summed E-state index contributed by atoms with van der Waals surface area (Å²) >= 11 is 0. The van der Waals surface area contributed by atoms with Gasteiger partial charge in [-0.3, -0.25) is 10.1 Å². The highest BCUT2D eigenvalue weighted by Crippen LogP contribution is 2.27. The van der Waals surface area contributed by atoms with Crippen molar-refractivity contribution in [3.8, 4) is 5.75 Å². The molecule has 3 N–H and O–H groups in total. The van der Waals surface area contributed by atoms with Gasteiger partial charge in [0, 0.05) is 47.7 Å². The van der Waals surface area contributed by atoms with Crippen LogP contribution in [0.3, 0.4) is 0 Å². The van der Waals surface area contributed by atoms with Crippen LogP contribution >= 0.6 is 0 Å². The summed E-state index contributed by atoms with van der Waals surface area (Å²) in [4.78, 5) is 37.2. The van der Waals surface area contributed by atoms with Crippen molar-refractivity contribution in [2.45, 2.75) is 52.4 Å². The number of ketones is 1. The summed E-state index contributed by atoms with van der Waals surface area (Å²) < 4.78 is 17.8. The number of aryl methyl sites for hydroxylation is 1. The van der Waals surface area contributed by atoms with Gasteiger partial charge < -0.3 is 24.2 Å². The molecule has 0 bridgehead atoms. The quantitative estimate of drug-likeness (QED) is 0.308. The lowest BCUT2D eigenvalue weighted by Gasteiger charge is -2.14. The average molecular weight is 524 g/mol. The zero-order valence-electron chi connectivity index (χ0n) is 22.7. The van der Waals surface area contributed by atoms with E-state index >= 15 is 0 Å². The molecule has 0 spiro atoms. The maximum atomic E-state index is 13.3. The Bertz CT molecular complexity index is 1370. The molecule has 0 fully saturated rings. The van der Waals surface area contributed by atoms with Crippen molar-refractivity contribution in [3.05, 3.63) is 70.0 Å². The molecule has 204 valence electrons. The highest BCUT2D eigenvalue weighted by molar-refractivity contribution is 6.01. The van der Waals surface area contributed by atoms with Crippen molar-refractivity contribution >= 4 is 28.5 Å². The molecule has 3 rings (SSSR count). The second-order valence-electron chi connectivity index (χ2n) is 9.52. The van der Waals surface area contributed by atoms with E-state index < -0.39 is 17.6 Å². The van der Waals surface area contributed by atoms with E-state index in [4.69, 9.17) is 14.9 Å². The summed E-state index contributed by atoms with van der Waals surface area (Å²) in [5.74, 6) is 0.297. The van der Waals surface area contributed by atoms with Gasteiger partial charge in [-0.2, -0.15) is 0 Å². The lowest BCUT2D eigenvalue weighted by Crippen LogP contribution is -2.24. The van der Waals surface area contributed by atoms with Crippen LogP contribution in [0, 0.1) is 5.92 Å². The van der Waals surface area contributed by atoms with E-state index in [9.17, 15) is 14.4 Å². The minimum Gasteiger partial charge on any atom is -0.494 e. The van der Waals surface area contributed by atoms with Crippen LogP contribution in [0.4, 0.5) is 10.5 Å². The normalized spacial score (nSPS) is 13.0. The number of hydrogen-bond acceptors (Lipinski definition) is 7. The van der Waals surface area contributed by atoms with Crippen molar-refractivity contribution < 1.29 is 23.5 Å². The highest BCUT2D eigenvalue weighted by atomic mass is 16.5. The molecule has 2 unspecified atom stereocenters. The molecule has 2 aromatic heterocycles. The van der Waals surface area contributed by atoms with Crippen LogP contribution in [0.1, 0.15) is 67.8 Å². The Morgan fingerprint density at radius 1 is 1.21 bits per heavy atom. The predicted octanol–water partition coefficient (Wildman–Crippen LogP) is 5.32. The number of nitrogen functional groups attached to an aromatic ring is 1. The molecule has 2 atom stereocenters. The van der Waals surface area contributed by atoms with Crippen LogP contribution in [0.5, 0.6) is 5.75 Å². The predicted molar refractivity (Wildman–Crippen MR) is 148 cm³/mol. The van der Waals surface area contributed by atoms with Gasteiger partial charge in [0.2, 0.25) is 0 Å².